The predicted octanol–water partition coefficient (Wildman–Crippen LogP) is 4.27. The van der Waals surface area contributed by atoms with Crippen LogP contribution < -0.4 is 10.9 Å². The predicted molar refractivity (Wildman–Crippen MR) is 117 cm³/mol. The maximum absolute atomic E-state index is 12.8. The van der Waals surface area contributed by atoms with E-state index in [0.29, 0.717) is 11.5 Å². The van der Waals surface area contributed by atoms with Crippen molar-refractivity contribution >= 4 is 27.5 Å². The minimum atomic E-state index is -0.387. The molecule has 0 spiro atoms. The number of rotatable bonds is 5. The standard InChI is InChI=1S/C22H17BrN4O3/c1-14-4-10-17(11-5-14)24-19(28)13-27-12-2-3-18(22(27)29)21-25-20(26-30-21)15-6-8-16(23)9-7-15/h2-12H,13H2,1H3,(H,24,28). The maximum atomic E-state index is 12.8. The highest BCUT2D eigenvalue weighted by Crippen LogP contribution is 2.22. The van der Waals surface area contributed by atoms with Crippen molar-refractivity contribution in [2.45, 2.75) is 13.5 Å². The molecule has 0 aliphatic rings. The summed E-state index contributed by atoms with van der Waals surface area (Å²) in [5.74, 6) is 0.176. The summed E-state index contributed by atoms with van der Waals surface area (Å²) in [7, 11) is 0. The molecule has 0 saturated carbocycles. The Labute approximate surface area is 180 Å². The van der Waals surface area contributed by atoms with Gasteiger partial charge in [0.15, 0.2) is 0 Å². The Morgan fingerprint density at radius 3 is 2.57 bits per heavy atom. The quantitative estimate of drug-likeness (QED) is 0.476. The smallest absolute Gasteiger partial charge is 0.263 e. The Kier molecular flexibility index (Phi) is 5.58. The van der Waals surface area contributed by atoms with Gasteiger partial charge in [0.25, 0.3) is 11.4 Å². The summed E-state index contributed by atoms with van der Waals surface area (Å²) < 4.78 is 7.54. The highest BCUT2D eigenvalue weighted by molar-refractivity contribution is 9.10. The normalized spacial score (nSPS) is 10.7. The highest BCUT2D eigenvalue weighted by Gasteiger charge is 2.16. The van der Waals surface area contributed by atoms with E-state index in [-0.39, 0.29) is 29.5 Å². The van der Waals surface area contributed by atoms with Crippen LogP contribution >= 0.6 is 15.9 Å². The van der Waals surface area contributed by atoms with Gasteiger partial charge in [-0.2, -0.15) is 4.98 Å². The molecule has 0 aliphatic carbocycles. The average molecular weight is 465 g/mol. The van der Waals surface area contributed by atoms with Gasteiger partial charge in [-0.05, 0) is 55.5 Å². The molecular formula is C22H17BrN4O3. The van der Waals surface area contributed by atoms with Gasteiger partial charge in [0.05, 0.1) is 0 Å². The number of aromatic nitrogens is 3. The van der Waals surface area contributed by atoms with Gasteiger partial charge in [-0.1, -0.05) is 38.8 Å². The van der Waals surface area contributed by atoms with Crippen LogP contribution in [0.4, 0.5) is 5.69 Å². The monoisotopic (exact) mass is 464 g/mol. The van der Waals surface area contributed by atoms with Crippen LogP contribution in [0.2, 0.25) is 0 Å². The number of amides is 1. The second-order valence-electron chi connectivity index (χ2n) is 6.70. The van der Waals surface area contributed by atoms with Crippen LogP contribution in [-0.4, -0.2) is 20.6 Å². The second-order valence-corrected chi connectivity index (χ2v) is 7.61. The fourth-order valence-corrected chi connectivity index (χ4v) is 3.13. The first-order chi connectivity index (χ1) is 14.5. The molecule has 7 nitrogen and oxygen atoms in total. The first kappa shape index (κ1) is 19.8. The minimum absolute atomic E-state index is 0.103. The lowest BCUT2D eigenvalue weighted by Gasteiger charge is -2.08. The molecular weight excluding hydrogens is 448 g/mol. The minimum Gasteiger partial charge on any atom is -0.333 e. The van der Waals surface area contributed by atoms with E-state index < -0.39 is 0 Å². The Morgan fingerprint density at radius 2 is 1.83 bits per heavy atom. The van der Waals surface area contributed by atoms with Crippen LogP contribution in [0, 0.1) is 6.92 Å². The first-order valence-corrected chi connectivity index (χ1v) is 9.95. The van der Waals surface area contributed by atoms with Crippen molar-refractivity contribution in [2.75, 3.05) is 5.32 Å². The largest absolute Gasteiger partial charge is 0.333 e. The molecule has 4 rings (SSSR count). The van der Waals surface area contributed by atoms with E-state index in [1.165, 1.54) is 4.57 Å². The van der Waals surface area contributed by atoms with Crippen LogP contribution in [0.5, 0.6) is 0 Å². The fraction of sp³-hybridized carbons (Fsp3) is 0.0909. The van der Waals surface area contributed by atoms with E-state index in [1.807, 2.05) is 55.5 Å². The van der Waals surface area contributed by atoms with Gasteiger partial charge in [0.1, 0.15) is 12.1 Å². The van der Waals surface area contributed by atoms with E-state index in [4.69, 9.17) is 4.52 Å². The van der Waals surface area contributed by atoms with Crippen LogP contribution in [0.3, 0.4) is 0 Å². The summed E-state index contributed by atoms with van der Waals surface area (Å²) in [4.78, 5) is 29.5. The van der Waals surface area contributed by atoms with Crippen molar-refractivity contribution < 1.29 is 9.32 Å². The summed E-state index contributed by atoms with van der Waals surface area (Å²) in [6.07, 6.45) is 1.55. The zero-order valence-electron chi connectivity index (χ0n) is 16.0. The number of carbonyl (C=O) groups is 1. The van der Waals surface area contributed by atoms with Crippen molar-refractivity contribution in [1.82, 2.24) is 14.7 Å². The molecule has 0 unspecified atom stereocenters. The Balaban J connectivity index is 1.54. The van der Waals surface area contributed by atoms with E-state index in [1.54, 1.807) is 18.3 Å². The molecule has 0 atom stereocenters. The first-order valence-electron chi connectivity index (χ1n) is 9.15. The SMILES string of the molecule is Cc1ccc(NC(=O)Cn2cccc(-c3nc(-c4ccc(Br)cc4)no3)c2=O)cc1. The van der Waals surface area contributed by atoms with Crippen LogP contribution in [0.15, 0.2) is 80.7 Å². The summed E-state index contributed by atoms with van der Waals surface area (Å²) in [6, 6.07) is 18.1. The van der Waals surface area contributed by atoms with E-state index in [0.717, 1.165) is 15.6 Å². The van der Waals surface area contributed by atoms with Crippen molar-refractivity contribution in [3.63, 3.8) is 0 Å². The van der Waals surface area contributed by atoms with Gasteiger partial charge in [0, 0.05) is 21.9 Å². The zero-order chi connectivity index (χ0) is 21.1. The Morgan fingerprint density at radius 1 is 1.10 bits per heavy atom. The third-order valence-electron chi connectivity index (χ3n) is 4.43. The van der Waals surface area contributed by atoms with E-state index >= 15 is 0 Å². The number of pyridine rings is 1. The van der Waals surface area contributed by atoms with Crippen molar-refractivity contribution in [1.29, 1.82) is 0 Å². The lowest BCUT2D eigenvalue weighted by atomic mass is 10.2. The number of anilines is 1. The zero-order valence-corrected chi connectivity index (χ0v) is 17.6. The van der Waals surface area contributed by atoms with Crippen LogP contribution in [0.25, 0.3) is 22.8 Å². The Hall–Kier alpha value is -3.52. The molecule has 2 heterocycles. The van der Waals surface area contributed by atoms with Gasteiger partial charge in [-0.15, -0.1) is 0 Å². The molecule has 1 N–H and O–H groups in total. The molecule has 150 valence electrons. The van der Waals surface area contributed by atoms with Crippen LogP contribution in [0.1, 0.15) is 5.56 Å². The molecule has 2 aromatic heterocycles. The van der Waals surface area contributed by atoms with E-state index in [2.05, 4.69) is 31.4 Å². The van der Waals surface area contributed by atoms with Crippen LogP contribution in [-0.2, 0) is 11.3 Å². The lowest BCUT2D eigenvalue weighted by molar-refractivity contribution is -0.116. The number of halogens is 1. The molecule has 0 radical (unpaired) electrons. The molecule has 4 aromatic rings. The van der Waals surface area contributed by atoms with Gasteiger partial charge in [-0.25, -0.2) is 0 Å². The van der Waals surface area contributed by atoms with E-state index in [9.17, 15) is 9.59 Å². The maximum Gasteiger partial charge on any atom is 0.263 e. The average Bonchev–Trinajstić information content (AvgIpc) is 3.22. The molecule has 8 heteroatoms. The van der Waals surface area contributed by atoms with Gasteiger partial charge in [0.2, 0.25) is 11.7 Å². The highest BCUT2D eigenvalue weighted by atomic mass is 79.9. The number of hydrogen-bond acceptors (Lipinski definition) is 5. The van der Waals surface area contributed by atoms with Crippen molar-refractivity contribution in [2.24, 2.45) is 0 Å². The van der Waals surface area contributed by atoms with Gasteiger partial charge < -0.3 is 14.4 Å². The molecule has 0 saturated heterocycles. The summed E-state index contributed by atoms with van der Waals surface area (Å²) in [5.41, 5.74) is 2.38. The topological polar surface area (TPSA) is 90.0 Å². The number of nitrogens with one attached hydrogen (secondary N) is 1. The molecule has 2 aromatic carbocycles. The number of nitrogens with zero attached hydrogens (tertiary/aromatic N) is 3. The summed E-state index contributed by atoms with van der Waals surface area (Å²) in [5, 5.41) is 6.74. The molecule has 0 aliphatic heterocycles. The summed E-state index contributed by atoms with van der Waals surface area (Å²) >= 11 is 3.38. The van der Waals surface area contributed by atoms with Gasteiger partial charge in [-0.3, -0.25) is 9.59 Å². The molecule has 1 amide bonds. The van der Waals surface area contributed by atoms with Crippen molar-refractivity contribution in [3.8, 4) is 22.8 Å². The third-order valence-corrected chi connectivity index (χ3v) is 4.96. The molecule has 0 fully saturated rings. The number of hydrogen-bond donors (Lipinski definition) is 1. The number of aryl methyl sites for hydroxylation is 1. The Bertz CT molecular complexity index is 1240. The molecule has 30 heavy (non-hydrogen) atoms. The summed E-state index contributed by atoms with van der Waals surface area (Å²) in [6.45, 7) is 1.84. The number of benzene rings is 2. The van der Waals surface area contributed by atoms with Gasteiger partial charge >= 0.3 is 0 Å². The lowest BCUT2D eigenvalue weighted by Crippen LogP contribution is -2.28. The fourth-order valence-electron chi connectivity index (χ4n) is 2.87. The molecule has 0 bridgehead atoms. The van der Waals surface area contributed by atoms with Crippen molar-refractivity contribution in [3.05, 3.63) is 87.3 Å². The second kappa shape index (κ2) is 8.46. The third kappa shape index (κ3) is 4.38. The number of carbonyl (C=O) groups excluding carboxylic acids is 1.